The first kappa shape index (κ1) is 20.9. The molecule has 2 aliphatic rings. The molecule has 178 valence electrons. The van der Waals surface area contributed by atoms with Crippen molar-refractivity contribution in [2.75, 3.05) is 18.0 Å². The zero-order chi connectivity index (χ0) is 24.7. The van der Waals surface area contributed by atoms with Crippen molar-refractivity contribution in [2.24, 2.45) is 5.73 Å². The van der Waals surface area contributed by atoms with Gasteiger partial charge in [-0.1, -0.05) is 36.4 Å². The van der Waals surface area contributed by atoms with Crippen molar-refractivity contribution in [3.05, 3.63) is 82.4 Å². The molecule has 3 heterocycles. The van der Waals surface area contributed by atoms with Gasteiger partial charge in [0.2, 0.25) is 5.43 Å². The number of carboxylic acids is 1. The number of pyridine rings is 1. The Balaban J connectivity index is 1.60. The molecule has 0 radical (unpaired) electrons. The van der Waals surface area contributed by atoms with Crippen LogP contribution in [0.5, 0.6) is 11.5 Å². The van der Waals surface area contributed by atoms with E-state index in [0.29, 0.717) is 36.5 Å². The van der Waals surface area contributed by atoms with Crippen LogP contribution in [0.2, 0.25) is 0 Å². The zero-order valence-electron chi connectivity index (χ0n) is 19.0. The van der Waals surface area contributed by atoms with E-state index in [2.05, 4.69) is 0 Å². The van der Waals surface area contributed by atoms with E-state index < -0.39 is 22.8 Å². The van der Waals surface area contributed by atoms with Gasteiger partial charge in [0.25, 0.3) is 0 Å². The lowest BCUT2D eigenvalue weighted by Crippen LogP contribution is -2.28. The summed E-state index contributed by atoms with van der Waals surface area (Å²) in [5.41, 5.74) is 6.07. The highest BCUT2D eigenvalue weighted by molar-refractivity contribution is 6.09. The number of carbonyl (C=O) groups is 1. The number of hydrogen-bond acceptors (Lipinski definition) is 5. The maximum Gasteiger partial charge on any atom is 0.341 e. The monoisotopic (exact) mass is 481 g/mol. The van der Waals surface area contributed by atoms with Crippen LogP contribution in [0, 0.1) is 5.82 Å². The van der Waals surface area contributed by atoms with Gasteiger partial charge in [-0.05, 0) is 46.2 Å². The van der Waals surface area contributed by atoms with Gasteiger partial charge in [-0.3, -0.25) is 4.79 Å². The molecule has 2 aliphatic heterocycles. The number of ether oxygens (including phenoxy) is 1. The molecule has 0 bridgehead atoms. The second-order valence-corrected chi connectivity index (χ2v) is 9.40. The summed E-state index contributed by atoms with van der Waals surface area (Å²) in [5.74, 6) is -1.38. The summed E-state index contributed by atoms with van der Waals surface area (Å²) in [4.78, 5) is 26.8. The Labute approximate surface area is 203 Å². The molecule has 1 atom stereocenters. The Morgan fingerprint density at radius 3 is 2.64 bits per heavy atom. The molecule has 7 rings (SSSR count). The van der Waals surface area contributed by atoms with E-state index in [-0.39, 0.29) is 22.9 Å². The van der Waals surface area contributed by atoms with Crippen LogP contribution in [-0.2, 0) is 0 Å². The SMILES string of the molecule is N[C@H]1CCN(c2c(F)cc3c(=O)c(C(=O)O)cn4c3c2Oc2cc3c(ccc5ccccc53)cc2-4)C1. The van der Waals surface area contributed by atoms with Crippen LogP contribution in [0.1, 0.15) is 16.8 Å². The molecular weight excluding hydrogens is 461 g/mol. The smallest absolute Gasteiger partial charge is 0.341 e. The summed E-state index contributed by atoms with van der Waals surface area (Å²) in [5, 5.41) is 13.7. The van der Waals surface area contributed by atoms with Crippen molar-refractivity contribution in [2.45, 2.75) is 12.5 Å². The Kier molecular flexibility index (Phi) is 4.23. The third kappa shape index (κ3) is 2.82. The minimum absolute atomic E-state index is 0.0427. The largest absolute Gasteiger partial charge is 0.477 e. The van der Waals surface area contributed by atoms with Crippen LogP contribution in [0.15, 0.2) is 65.6 Å². The molecule has 36 heavy (non-hydrogen) atoms. The fourth-order valence-corrected chi connectivity index (χ4v) is 5.54. The number of nitrogens with zero attached hydrogens (tertiary/aromatic N) is 2. The molecule has 8 heteroatoms. The van der Waals surface area contributed by atoms with E-state index in [1.54, 1.807) is 4.57 Å². The van der Waals surface area contributed by atoms with Crippen LogP contribution < -0.4 is 20.8 Å². The molecule has 1 saturated heterocycles. The average molecular weight is 481 g/mol. The molecule has 0 aliphatic carbocycles. The molecule has 1 fully saturated rings. The highest BCUT2D eigenvalue weighted by atomic mass is 19.1. The molecule has 4 aromatic carbocycles. The minimum Gasteiger partial charge on any atom is -0.477 e. The second-order valence-electron chi connectivity index (χ2n) is 9.40. The number of rotatable bonds is 2. The van der Waals surface area contributed by atoms with E-state index in [1.165, 1.54) is 6.20 Å². The van der Waals surface area contributed by atoms with Crippen LogP contribution in [-0.4, -0.2) is 34.8 Å². The molecule has 3 N–H and O–H groups in total. The summed E-state index contributed by atoms with van der Waals surface area (Å²) < 4.78 is 23.6. The fraction of sp³-hybridized carbons (Fsp3) is 0.143. The topological polar surface area (TPSA) is 97.8 Å². The van der Waals surface area contributed by atoms with Crippen molar-refractivity contribution in [1.29, 1.82) is 0 Å². The standard InChI is InChI=1S/C28H20FN3O4/c29-21-10-19-24-27(25(21)31-8-7-16(30)12-31)36-23-11-18-15(6-5-14-3-1-2-4-17(14)18)9-22(23)32(24)13-20(26(19)33)28(34)35/h1-6,9-11,13,16H,7-8,12,30H2,(H,34,35)/t16-/m0/s1. The van der Waals surface area contributed by atoms with Gasteiger partial charge in [0.05, 0.1) is 11.1 Å². The lowest BCUT2D eigenvalue weighted by Gasteiger charge is -2.29. The number of anilines is 1. The van der Waals surface area contributed by atoms with Gasteiger partial charge in [-0.25, -0.2) is 9.18 Å². The number of nitrogens with two attached hydrogens (primary N) is 1. The van der Waals surface area contributed by atoms with Gasteiger partial charge < -0.3 is 25.0 Å². The maximum absolute atomic E-state index is 15.6. The highest BCUT2D eigenvalue weighted by Crippen LogP contribution is 2.48. The van der Waals surface area contributed by atoms with E-state index >= 15 is 4.39 Å². The molecule has 1 aromatic heterocycles. The maximum atomic E-state index is 15.6. The Morgan fingerprint density at radius 1 is 1.06 bits per heavy atom. The van der Waals surface area contributed by atoms with Gasteiger partial charge in [-0.2, -0.15) is 0 Å². The molecule has 0 unspecified atom stereocenters. The van der Waals surface area contributed by atoms with Crippen molar-refractivity contribution < 1.29 is 19.0 Å². The zero-order valence-corrected chi connectivity index (χ0v) is 19.0. The lowest BCUT2D eigenvalue weighted by molar-refractivity contribution is 0.0695. The van der Waals surface area contributed by atoms with E-state index in [0.717, 1.165) is 27.6 Å². The predicted molar refractivity (Wildman–Crippen MR) is 136 cm³/mol. The summed E-state index contributed by atoms with van der Waals surface area (Å²) in [6.45, 7) is 0.998. The van der Waals surface area contributed by atoms with Crippen molar-refractivity contribution in [3.63, 3.8) is 0 Å². The van der Waals surface area contributed by atoms with E-state index in [1.807, 2.05) is 53.4 Å². The third-order valence-corrected chi connectivity index (χ3v) is 7.24. The number of halogens is 1. The van der Waals surface area contributed by atoms with Crippen LogP contribution in [0.3, 0.4) is 0 Å². The number of carboxylic acid groups (broad SMARTS) is 1. The van der Waals surface area contributed by atoms with Crippen molar-refractivity contribution >= 4 is 44.1 Å². The molecule has 7 nitrogen and oxygen atoms in total. The van der Waals surface area contributed by atoms with Crippen molar-refractivity contribution in [3.8, 4) is 17.2 Å². The molecule has 0 amide bonds. The summed E-state index contributed by atoms with van der Waals surface area (Å²) in [6.07, 6.45) is 2.01. The number of aromatic carboxylic acids is 1. The molecule has 0 saturated carbocycles. The number of benzene rings is 4. The van der Waals surface area contributed by atoms with Crippen LogP contribution in [0.4, 0.5) is 10.1 Å². The van der Waals surface area contributed by atoms with E-state index in [4.69, 9.17) is 10.5 Å². The quantitative estimate of drug-likeness (QED) is 0.346. The van der Waals surface area contributed by atoms with Crippen LogP contribution >= 0.6 is 0 Å². The van der Waals surface area contributed by atoms with E-state index in [9.17, 15) is 14.7 Å². The number of fused-ring (bicyclic) bond motifs is 5. The number of hydrogen-bond donors (Lipinski definition) is 2. The molecular formula is C28H20FN3O4. The normalized spacial score (nSPS) is 16.5. The Bertz CT molecular complexity index is 1850. The van der Waals surface area contributed by atoms with Crippen molar-refractivity contribution in [1.82, 2.24) is 4.57 Å². The summed E-state index contributed by atoms with van der Waals surface area (Å²) in [6, 6.07) is 16.8. The number of aromatic nitrogens is 1. The first-order chi connectivity index (χ1) is 17.4. The van der Waals surface area contributed by atoms with Gasteiger partial charge in [0.1, 0.15) is 16.8 Å². The highest BCUT2D eigenvalue weighted by Gasteiger charge is 2.33. The predicted octanol–water partition coefficient (Wildman–Crippen LogP) is 4.78. The average Bonchev–Trinajstić information content (AvgIpc) is 3.29. The first-order valence-corrected chi connectivity index (χ1v) is 11.7. The summed E-state index contributed by atoms with van der Waals surface area (Å²) >= 11 is 0. The van der Waals surface area contributed by atoms with Gasteiger partial charge in [0.15, 0.2) is 17.3 Å². The van der Waals surface area contributed by atoms with Gasteiger partial charge >= 0.3 is 5.97 Å². The Morgan fingerprint density at radius 2 is 1.86 bits per heavy atom. The second kappa shape index (κ2) is 7.29. The minimum atomic E-state index is -1.37. The first-order valence-electron chi connectivity index (χ1n) is 11.7. The Hall–Kier alpha value is -4.43. The molecule has 5 aromatic rings. The molecule has 0 spiro atoms. The summed E-state index contributed by atoms with van der Waals surface area (Å²) in [7, 11) is 0. The van der Waals surface area contributed by atoms with Gasteiger partial charge in [-0.15, -0.1) is 0 Å². The van der Waals surface area contributed by atoms with Gasteiger partial charge in [0, 0.05) is 25.3 Å². The third-order valence-electron chi connectivity index (χ3n) is 7.24. The lowest BCUT2D eigenvalue weighted by atomic mass is 10.00. The fourth-order valence-electron chi connectivity index (χ4n) is 5.54. The van der Waals surface area contributed by atoms with Crippen LogP contribution in [0.25, 0.3) is 38.1 Å².